The molecule has 0 bridgehead atoms. The fourth-order valence-corrected chi connectivity index (χ4v) is 2.66. The monoisotopic (exact) mass is 254 g/mol. The third-order valence-corrected chi connectivity index (χ3v) is 4.12. The maximum Gasteiger partial charge on any atom is 0.161 e. The third kappa shape index (κ3) is 2.71. The van der Waals surface area contributed by atoms with Gasteiger partial charge in [0.15, 0.2) is 5.17 Å². The van der Waals surface area contributed by atoms with Gasteiger partial charge >= 0.3 is 0 Å². The van der Waals surface area contributed by atoms with E-state index >= 15 is 0 Å². The van der Waals surface area contributed by atoms with Crippen molar-refractivity contribution < 1.29 is 0 Å². The quantitative estimate of drug-likeness (QED) is 0.865. The Balaban J connectivity index is 2.07. The molecule has 1 N–H and O–H groups in total. The van der Waals surface area contributed by atoms with Crippen LogP contribution in [0.5, 0.6) is 0 Å². The summed E-state index contributed by atoms with van der Waals surface area (Å²) in [7, 11) is 0. The predicted octanol–water partition coefficient (Wildman–Crippen LogP) is 3.94. The number of halogens is 1. The molecule has 0 radical (unpaired) electrons. The standard InChI is InChI=1S/C12H15ClN2S/c1-3-10-7-14-12(16-10)15-11-6-9(13)5-4-8(11)2/h4-6,10H,3,7H2,1-2H3,(H,14,15). The van der Waals surface area contributed by atoms with Gasteiger partial charge in [-0.15, -0.1) is 0 Å². The smallest absolute Gasteiger partial charge is 0.161 e. The molecule has 0 amide bonds. The second-order valence-electron chi connectivity index (χ2n) is 3.88. The van der Waals surface area contributed by atoms with Crippen LogP contribution in [0, 0.1) is 6.92 Å². The maximum atomic E-state index is 5.97. The Bertz CT molecular complexity index is 417. The van der Waals surface area contributed by atoms with Crippen molar-refractivity contribution in [1.29, 1.82) is 0 Å². The van der Waals surface area contributed by atoms with E-state index in [-0.39, 0.29) is 0 Å². The van der Waals surface area contributed by atoms with Gasteiger partial charge < -0.3 is 5.32 Å². The molecule has 0 saturated heterocycles. The second kappa shape index (κ2) is 5.11. The van der Waals surface area contributed by atoms with E-state index in [0.29, 0.717) is 5.25 Å². The third-order valence-electron chi connectivity index (χ3n) is 2.61. The average molecular weight is 255 g/mol. The Hall–Kier alpha value is -0.670. The van der Waals surface area contributed by atoms with Crippen molar-refractivity contribution in [3.63, 3.8) is 0 Å². The first-order chi connectivity index (χ1) is 7.69. The molecule has 1 aliphatic heterocycles. The molecule has 1 aromatic rings. The Morgan fingerprint density at radius 2 is 2.38 bits per heavy atom. The van der Waals surface area contributed by atoms with Gasteiger partial charge in [-0.25, -0.2) is 0 Å². The van der Waals surface area contributed by atoms with Crippen molar-refractivity contribution in [2.24, 2.45) is 4.99 Å². The number of aliphatic imine (C=N–C) groups is 1. The van der Waals surface area contributed by atoms with Crippen LogP contribution in [-0.2, 0) is 0 Å². The van der Waals surface area contributed by atoms with E-state index in [9.17, 15) is 0 Å². The lowest BCUT2D eigenvalue weighted by molar-refractivity contribution is 0.843. The summed E-state index contributed by atoms with van der Waals surface area (Å²) >= 11 is 7.79. The van der Waals surface area contributed by atoms with Gasteiger partial charge in [0.2, 0.25) is 0 Å². The van der Waals surface area contributed by atoms with Gasteiger partial charge in [-0.3, -0.25) is 4.99 Å². The number of amidine groups is 1. The molecule has 0 fully saturated rings. The fraction of sp³-hybridized carbons (Fsp3) is 0.417. The van der Waals surface area contributed by atoms with Crippen molar-refractivity contribution in [2.45, 2.75) is 25.5 Å². The average Bonchev–Trinajstić information content (AvgIpc) is 2.71. The lowest BCUT2D eigenvalue weighted by Gasteiger charge is -2.10. The molecule has 2 rings (SSSR count). The van der Waals surface area contributed by atoms with Crippen molar-refractivity contribution in [2.75, 3.05) is 11.9 Å². The van der Waals surface area contributed by atoms with Crippen LogP contribution in [0.25, 0.3) is 0 Å². The van der Waals surface area contributed by atoms with Crippen LogP contribution in [-0.4, -0.2) is 17.0 Å². The van der Waals surface area contributed by atoms with Gasteiger partial charge in [0.05, 0.1) is 6.54 Å². The summed E-state index contributed by atoms with van der Waals surface area (Å²) < 4.78 is 0. The number of rotatable bonds is 2. The summed E-state index contributed by atoms with van der Waals surface area (Å²) in [6.07, 6.45) is 1.16. The Labute approximate surface area is 105 Å². The van der Waals surface area contributed by atoms with Gasteiger partial charge in [-0.1, -0.05) is 36.4 Å². The Morgan fingerprint density at radius 1 is 1.56 bits per heavy atom. The number of benzene rings is 1. The number of anilines is 1. The normalized spacial score (nSPS) is 19.7. The molecule has 16 heavy (non-hydrogen) atoms. The number of nitrogens with zero attached hydrogens (tertiary/aromatic N) is 1. The molecule has 0 saturated carbocycles. The van der Waals surface area contributed by atoms with Crippen LogP contribution in [0.3, 0.4) is 0 Å². The van der Waals surface area contributed by atoms with E-state index in [1.54, 1.807) is 0 Å². The molecule has 2 nitrogen and oxygen atoms in total. The summed E-state index contributed by atoms with van der Waals surface area (Å²) in [6, 6.07) is 5.86. The van der Waals surface area contributed by atoms with Crippen molar-refractivity contribution in [3.05, 3.63) is 28.8 Å². The lowest BCUT2D eigenvalue weighted by atomic mass is 10.2. The van der Waals surface area contributed by atoms with Crippen LogP contribution in [0.2, 0.25) is 5.02 Å². The number of thioether (sulfide) groups is 1. The maximum absolute atomic E-state index is 5.97. The molecule has 0 aromatic heterocycles. The second-order valence-corrected chi connectivity index (χ2v) is 5.60. The van der Waals surface area contributed by atoms with Crippen molar-refractivity contribution in [3.8, 4) is 0 Å². The van der Waals surface area contributed by atoms with Crippen LogP contribution in [0.1, 0.15) is 18.9 Å². The summed E-state index contributed by atoms with van der Waals surface area (Å²) in [5.74, 6) is 0. The molecule has 1 aromatic carbocycles. The van der Waals surface area contributed by atoms with E-state index in [2.05, 4.69) is 24.2 Å². The lowest BCUT2D eigenvalue weighted by Crippen LogP contribution is -2.07. The molecule has 1 aliphatic rings. The molecular weight excluding hydrogens is 240 g/mol. The molecule has 1 unspecified atom stereocenters. The van der Waals surface area contributed by atoms with Crippen molar-refractivity contribution >= 4 is 34.2 Å². The largest absolute Gasteiger partial charge is 0.335 e. The first-order valence-corrected chi connectivity index (χ1v) is 6.69. The highest BCUT2D eigenvalue weighted by atomic mass is 35.5. The minimum absolute atomic E-state index is 0.627. The highest BCUT2D eigenvalue weighted by Gasteiger charge is 2.18. The van der Waals surface area contributed by atoms with E-state index in [4.69, 9.17) is 11.6 Å². The zero-order chi connectivity index (χ0) is 11.5. The molecule has 0 aliphatic carbocycles. The van der Waals surface area contributed by atoms with E-state index < -0.39 is 0 Å². The first kappa shape index (κ1) is 11.8. The Kier molecular flexibility index (Phi) is 3.77. The Morgan fingerprint density at radius 3 is 3.06 bits per heavy atom. The highest BCUT2D eigenvalue weighted by Crippen LogP contribution is 2.27. The van der Waals surface area contributed by atoms with Gasteiger partial charge in [0.1, 0.15) is 0 Å². The fourth-order valence-electron chi connectivity index (χ4n) is 1.54. The number of hydrogen-bond donors (Lipinski definition) is 1. The minimum Gasteiger partial charge on any atom is -0.335 e. The van der Waals surface area contributed by atoms with E-state index in [1.807, 2.05) is 30.0 Å². The van der Waals surface area contributed by atoms with Crippen LogP contribution < -0.4 is 5.32 Å². The van der Waals surface area contributed by atoms with Crippen LogP contribution in [0.15, 0.2) is 23.2 Å². The summed E-state index contributed by atoms with van der Waals surface area (Å²) in [6.45, 7) is 5.18. The molecule has 1 atom stereocenters. The summed E-state index contributed by atoms with van der Waals surface area (Å²) in [4.78, 5) is 4.48. The van der Waals surface area contributed by atoms with Crippen LogP contribution in [0.4, 0.5) is 5.69 Å². The molecular formula is C12H15ClN2S. The predicted molar refractivity (Wildman–Crippen MR) is 73.8 cm³/mol. The van der Waals surface area contributed by atoms with Gasteiger partial charge in [-0.2, -0.15) is 0 Å². The zero-order valence-corrected chi connectivity index (χ0v) is 11.0. The minimum atomic E-state index is 0.627. The number of nitrogens with one attached hydrogen (secondary N) is 1. The molecule has 86 valence electrons. The zero-order valence-electron chi connectivity index (χ0n) is 9.46. The highest BCUT2D eigenvalue weighted by molar-refractivity contribution is 8.15. The number of aryl methyl sites for hydroxylation is 1. The molecule has 1 heterocycles. The van der Waals surface area contributed by atoms with Gasteiger partial charge in [0, 0.05) is 16.0 Å². The summed E-state index contributed by atoms with van der Waals surface area (Å²) in [5, 5.41) is 5.73. The molecule has 4 heteroatoms. The summed E-state index contributed by atoms with van der Waals surface area (Å²) in [5.41, 5.74) is 2.24. The van der Waals surface area contributed by atoms with E-state index in [1.165, 1.54) is 5.56 Å². The SMILES string of the molecule is CCC1CN=C(Nc2cc(Cl)ccc2C)S1. The van der Waals surface area contributed by atoms with Gasteiger partial charge in [-0.05, 0) is 31.0 Å². The van der Waals surface area contributed by atoms with Gasteiger partial charge in [0.25, 0.3) is 0 Å². The topological polar surface area (TPSA) is 24.4 Å². The van der Waals surface area contributed by atoms with Crippen molar-refractivity contribution in [1.82, 2.24) is 0 Å². The first-order valence-electron chi connectivity index (χ1n) is 5.43. The molecule has 0 spiro atoms. The van der Waals surface area contributed by atoms with E-state index in [0.717, 1.165) is 28.8 Å². The van der Waals surface area contributed by atoms with Crippen LogP contribution >= 0.6 is 23.4 Å². The number of hydrogen-bond acceptors (Lipinski definition) is 3.